The van der Waals surface area contributed by atoms with Crippen LogP contribution >= 0.6 is 0 Å². The summed E-state index contributed by atoms with van der Waals surface area (Å²) in [5.41, 5.74) is 4.67. The maximum Gasteiger partial charge on any atom is 0.308 e. The minimum absolute atomic E-state index is 0.0658. The van der Waals surface area contributed by atoms with Crippen molar-refractivity contribution in [3.05, 3.63) is 33.6 Å². The number of nitro benzene ring substituents is 1. The molecule has 0 spiro atoms. The standard InChI is InChI=1S/C8H9FN2O3/c1-14-6-2-5(4-10)8(9)7(3-6)11(12)13/h2-3H,4,10H2,1H3. The molecular weight excluding hydrogens is 191 g/mol. The van der Waals surface area contributed by atoms with Gasteiger partial charge in [0.2, 0.25) is 5.82 Å². The normalized spacial score (nSPS) is 9.93. The zero-order valence-electron chi connectivity index (χ0n) is 7.49. The topological polar surface area (TPSA) is 78.4 Å². The van der Waals surface area contributed by atoms with Gasteiger partial charge in [-0.1, -0.05) is 0 Å². The van der Waals surface area contributed by atoms with Crippen LogP contribution in [-0.4, -0.2) is 12.0 Å². The van der Waals surface area contributed by atoms with Crippen LogP contribution in [0, 0.1) is 15.9 Å². The lowest BCUT2D eigenvalue weighted by Crippen LogP contribution is -2.04. The highest BCUT2D eigenvalue weighted by molar-refractivity contribution is 5.44. The van der Waals surface area contributed by atoms with Crippen molar-refractivity contribution in [3.63, 3.8) is 0 Å². The number of hydrogen-bond acceptors (Lipinski definition) is 4. The Hall–Kier alpha value is -1.69. The summed E-state index contributed by atoms with van der Waals surface area (Å²) < 4.78 is 18.0. The number of nitrogens with zero attached hydrogens (tertiary/aromatic N) is 1. The van der Waals surface area contributed by atoms with E-state index in [4.69, 9.17) is 10.5 Å². The molecule has 1 aromatic carbocycles. The van der Waals surface area contributed by atoms with E-state index in [0.717, 1.165) is 6.07 Å². The maximum atomic E-state index is 13.3. The van der Waals surface area contributed by atoms with Gasteiger partial charge in [0.1, 0.15) is 5.75 Å². The highest BCUT2D eigenvalue weighted by atomic mass is 19.1. The van der Waals surface area contributed by atoms with E-state index in [0.29, 0.717) is 0 Å². The van der Waals surface area contributed by atoms with Crippen LogP contribution in [0.2, 0.25) is 0 Å². The zero-order chi connectivity index (χ0) is 10.7. The third-order valence-electron chi connectivity index (χ3n) is 1.75. The Morgan fingerprint density at radius 3 is 2.71 bits per heavy atom. The van der Waals surface area contributed by atoms with Crippen molar-refractivity contribution in [1.29, 1.82) is 0 Å². The molecule has 0 amide bonds. The number of nitro groups is 1. The molecule has 0 fully saturated rings. The van der Waals surface area contributed by atoms with Crippen molar-refractivity contribution in [3.8, 4) is 5.75 Å². The predicted molar refractivity (Wildman–Crippen MR) is 47.5 cm³/mol. The molecule has 0 aliphatic rings. The fraction of sp³-hybridized carbons (Fsp3) is 0.250. The van der Waals surface area contributed by atoms with E-state index < -0.39 is 16.4 Å². The summed E-state index contributed by atoms with van der Waals surface area (Å²) in [6.07, 6.45) is 0. The molecule has 6 heteroatoms. The van der Waals surface area contributed by atoms with Crippen LogP contribution in [0.4, 0.5) is 10.1 Å². The first kappa shape index (κ1) is 10.4. The third-order valence-corrected chi connectivity index (χ3v) is 1.75. The van der Waals surface area contributed by atoms with E-state index in [1.807, 2.05) is 0 Å². The third kappa shape index (κ3) is 1.80. The summed E-state index contributed by atoms with van der Waals surface area (Å²) in [6.45, 7) is -0.107. The van der Waals surface area contributed by atoms with Gasteiger partial charge in [-0.05, 0) is 6.07 Å². The summed E-state index contributed by atoms with van der Waals surface area (Å²) in [5, 5.41) is 10.4. The van der Waals surface area contributed by atoms with Crippen molar-refractivity contribution in [2.24, 2.45) is 5.73 Å². The first-order chi connectivity index (χ1) is 6.60. The quantitative estimate of drug-likeness (QED) is 0.587. The monoisotopic (exact) mass is 200 g/mol. The molecule has 0 unspecified atom stereocenters. The van der Waals surface area contributed by atoms with E-state index in [-0.39, 0.29) is 17.9 Å². The zero-order valence-corrected chi connectivity index (χ0v) is 7.49. The van der Waals surface area contributed by atoms with E-state index in [1.165, 1.54) is 13.2 Å². The lowest BCUT2D eigenvalue weighted by atomic mass is 10.1. The van der Waals surface area contributed by atoms with Gasteiger partial charge in [0.25, 0.3) is 0 Å². The van der Waals surface area contributed by atoms with Gasteiger partial charge in [0.05, 0.1) is 18.1 Å². The first-order valence-corrected chi connectivity index (χ1v) is 3.81. The Morgan fingerprint density at radius 2 is 2.29 bits per heavy atom. The number of benzene rings is 1. The van der Waals surface area contributed by atoms with Gasteiger partial charge in [-0.3, -0.25) is 10.1 Å². The Morgan fingerprint density at radius 1 is 1.64 bits per heavy atom. The Bertz CT molecular complexity index is 368. The molecule has 5 nitrogen and oxygen atoms in total. The summed E-state index contributed by atoms with van der Waals surface area (Å²) in [4.78, 5) is 9.62. The highest BCUT2D eigenvalue weighted by Crippen LogP contribution is 2.26. The van der Waals surface area contributed by atoms with Crippen LogP contribution in [0.3, 0.4) is 0 Å². The van der Waals surface area contributed by atoms with Crippen LogP contribution in [0.15, 0.2) is 12.1 Å². The van der Waals surface area contributed by atoms with Gasteiger partial charge in [-0.2, -0.15) is 4.39 Å². The second-order valence-electron chi connectivity index (χ2n) is 2.58. The lowest BCUT2D eigenvalue weighted by molar-refractivity contribution is -0.387. The second-order valence-corrected chi connectivity index (χ2v) is 2.58. The number of halogens is 1. The van der Waals surface area contributed by atoms with Crippen LogP contribution in [0.1, 0.15) is 5.56 Å². The van der Waals surface area contributed by atoms with Crippen LogP contribution < -0.4 is 10.5 Å². The molecule has 0 atom stereocenters. The number of nitrogens with two attached hydrogens (primary N) is 1. The number of rotatable bonds is 3. The first-order valence-electron chi connectivity index (χ1n) is 3.81. The number of hydrogen-bond donors (Lipinski definition) is 1. The molecule has 14 heavy (non-hydrogen) atoms. The van der Waals surface area contributed by atoms with Gasteiger partial charge < -0.3 is 10.5 Å². The van der Waals surface area contributed by atoms with Crippen molar-refractivity contribution >= 4 is 5.69 Å². The number of ether oxygens (including phenoxy) is 1. The molecule has 1 rings (SSSR count). The minimum Gasteiger partial charge on any atom is -0.496 e. The van der Waals surface area contributed by atoms with Gasteiger partial charge >= 0.3 is 5.69 Å². The molecule has 0 radical (unpaired) electrons. The molecule has 0 saturated heterocycles. The molecule has 0 aliphatic heterocycles. The Balaban J connectivity index is 3.34. The minimum atomic E-state index is -0.904. The van der Waals surface area contributed by atoms with E-state index >= 15 is 0 Å². The molecule has 0 aromatic heterocycles. The van der Waals surface area contributed by atoms with Crippen molar-refractivity contribution < 1.29 is 14.1 Å². The Labute approximate surface area is 79.4 Å². The molecular formula is C8H9FN2O3. The molecule has 0 heterocycles. The summed E-state index contributed by atoms with van der Waals surface area (Å²) in [7, 11) is 1.34. The van der Waals surface area contributed by atoms with E-state index in [1.54, 1.807) is 0 Å². The van der Waals surface area contributed by atoms with Crippen LogP contribution in [-0.2, 0) is 6.54 Å². The molecule has 2 N–H and O–H groups in total. The highest BCUT2D eigenvalue weighted by Gasteiger charge is 2.19. The fourth-order valence-corrected chi connectivity index (χ4v) is 1.04. The molecule has 76 valence electrons. The van der Waals surface area contributed by atoms with Gasteiger partial charge in [-0.15, -0.1) is 0 Å². The van der Waals surface area contributed by atoms with E-state index in [9.17, 15) is 14.5 Å². The van der Waals surface area contributed by atoms with Gasteiger partial charge in [0.15, 0.2) is 0 Å². The largest absolute Gasteiger partial charge is 0.496 e. The second kappa shape index (κ2) is 4.01. The summed E-state index contributed by atoms with van der Waals surface area (Å²) >= 11 is 0. The maximum absolute atomic E-state index is 13.3. The molecule has 1 aromatic rings. The van der Waals surface area contributed by atoms with Gasteiger partial charge in [-0.25, -0.2) is 0 Å². The molecule has 0 saturated carbocycles. The molecule has 0 bridgehead atoms. The van der Waals surface area contributed by atoms with Crippen molar-refractivity contribution in [2.45, 2.75) is 6.54 Å². The van der Waals surface area contributed by atoms with Crippen LogP contribution in [0.25, 0.3) is 0 Å². The molecule has 0 aliphatic carbocycles. The van der Waals surface area contributed by atoms with Gasteiger partial charge in [0, 0.05) is 12.1 Å². The van der Waals surface area contributed by atoms with Crippen LogP contribution in [0.5, 0.6) is 5.75 Å². The SMILES string of the molecule is COc1cc(CN)c(F)c([N+](=O)[O-])c1. The fourth-order valence-electron chi connectivity index (χ4n) is 1.04. The van der Waals surface area contributed by atoms with Crippen molar-refractivity contribution in [1.82, 2.24) is 0 Å². The lowest BCUT2D eigenvalue weighted by Gasteiger charge is -2.04. The average Bonchev–Trinajstić information content (AvgIpc) is 2.17. The number of methoxy groups -OCH3 is 1. The Kier molecular flexibility index (Phi) is 2.98. The predicted octanol–water partition coefficient (Wildman–Crippen LogP) is 1.20. The smallest absolute Gasteiger partial charge is 0.308 e. The summed E-state index contributed by atoms with van der Waals surface area (Å²) in [5.74, 6) is -0.683. The van der Waals surface area contributed by atoms with Crippen molar-refractivity contribution in [2.75, 3.05) is 7.11 Å². The average molecular weight is 200 g/mol. The van der Waals surface area contributed by atoms with E-state index in [2.05, 4.69) is 0 Å². The summed E-state index contributed by atoms with van der Waals surface area (Å²) in [6, 6.07) is 2.36.